The molecule has 0 N–H and O–H groups in total. The first-order valence-corrected chi connectivity index (χ1v) is 12.3. The topological polar surface area (TPSA) is 119 Å². The zero-order valence-electron chi connectivity index (χ0n) is 18.4. The summed E-state index contributed by atoms with van der Waals surface area (Å²) in [5, 5.41) is 7.93. The van der Waals surface area contributed by atoms with Gasteiger partial charge in [0.2, 0.25) is 0 Å². The summed E-state index contributed by atoms with van der Waals surface area (Å²) in [6.07, 6.45) is 4.38. The molecule has 1 aliphatic rings. The van der Waals surface area contributed by atoms with Crippen molar-refractivity contribution in [3.8, 4) is 0 Å². The molecule has 3 aromatic heterocycles. The van der Waals surface area contributed by atoms with Crippen LogP contribution < -0.4 is 4.90 Å². The van der Waals surface area contributed by atoms with Crippen LogP contribution in [0.3, 0.4) is 0 Å². The van der Waals surface area contributed by atoms with Crippen molar-refractivity contribution < 1.29 is 13.5 Å². The van der Waals surface area contributed by atoms with Crippen LogP contribution >= 0.6 is 0 Å². The number of amides is 1. The number of rotatable bonds is 4. The van der Waals surface area contributed by atoms with Crippen LogP contribution in [0.25, 0.3) is 5.78 Å². The van der Waals surface area contributed by atoms with Crippen molar-refractivity contribution in [1.29, 1.82) is 0 Å². The number of aromatic nitrogens is 5. The first-order chi connectivity index (χ1) is 14.7. The van der Waals surface area contributed by atoms with Gasteiger partial charge in [-0.2, -0.15) is 19.0 Å². The second kappa shape index (κ2) is 8.03. The minimum atomic E-state index is -2.72. The van der Waals surface area contributed by atoms with E-state index in [9.17, 15) is 9.00 Å². The van der Waals surface area contributed by atoms with E-state index in [4.69, 9.17) is 4.52 Å². The number of fused-ring (bicyclic) bond motifs is 1. The molecule has 0 bridgehead atoms. The first kappa shape index (κ1) is 21.4. The maximum atomic E-state index is 13.3. The van der Waals surface area contributed by atoms with Crippen LogP contribution in [0.1, 0.15) is 60.1 Å². The molecular formula is C20H27N7O3S. The largest absolute Gasteiger partial charge is 0.361 e. The summed E-state index contributed by atoms with van der Waals surface area (Å²) in [5.74, 6) is 1.64. The molecule has 1 fully saturated rings. The van der Waals surface area contributed by atoms with Crippen molar-refractivity contribution in [3.63, 3.8) is 0 Å². The van der Waals surface area contributed by atoms with Crippen LogP contribution in [0.2, 0.25) is 0 Å². The molecule has 0 spiro atoms. The Morgan fingerprint density at radius 1 is 1.29 bits per heavy atom. The standard InChI is InChI=1S/C20H27N7O3S/c1-12(2)16-10-17(27-20(23-16)21-11-22-27)26-8-6-15(7-9-26)31(5,29)25-19(28)18-13(3)24-30-14(18)4/h10-12,15H,6-9H2,1-5H3. The maximum Gasteiger partial charge on any atom is 0.290 e. The number of hydrogen-bond acceptors (Lipinski definition) is 8. The Balaban J connectivity index is 1.55. The smallest absolute Gasteiger partial charge is 0.290 e. The van der Waals surface area contributed by atoms with Crippen molar-refractivity contribution in [3.05, 3.63) is 35.1 Å². The van der Waals surface area contributed by atoms with Crippen molar-refractivity contribution in [2.45, 2.75) is 51.7 Å². The lowest BCUT2D eigenvalue weighted by molar-refractivity contribution is 0.100. The average Bonchev–Trinajstić information content (AvgIpc) is 3.33. The number of nitrogens with zero attached hydrogens (tertiary/aromatic N) is 7. The predicted octanol–water partition coefficient (Wildman–Crippen LogP) is 2.76. The first-order valence-electron chi connectivity index (χ1n) is 10.3. The fourth-order valence-corrected chi connectivity index (χ4v) is 5.59. The highest BCUT2D eigenvalue weighted by atomic mass is 32.2. The van der Waals surface area contributed by atoms with Crippen LogP contribution in [0, 0.1) is 13.8 Å². The molecular weight excluding hydrogens is 418 g/mol. The summed E-state index contributed by atoms with van der Waals surface area (Å²) < 4.78 is 24.2. The van der Waals surface area contributed by atoms with E-state index in [1.165, 1.54) is 6.33 Å². The molecule has 1 aliphatic heterocycles. The SMILES string of the molecule is Cc1noc(C)c1C(=O)N=S(C)(=O)C1CCN(c2cc(C(C)C)nc3ncnn23)CC1. The summed E-state index contributed by atoms with van der Waals surface area (Å²) >= 11 is 0. The lowest BCUT2D eigenvalue weighted by Crippen LogP contribution is -2.40. The Morgan fingerprint density at radius 3 is 2.61 bits per heavy atom. The third-order valence-corrected chi connectivity index (χ3v) is 7.98. The number of piperidine rings is 1. The van der Waals surface area contributed by atoms with Crippen molar-refractivity contribution >= 4 is 27.2 Å². The molecule has 0 radical (unpaired) electrons. The quantitative estimate of drug-likeness (QED) is 0.601. The van der Waals surface area contributed by atoms with Crippen molar-refractivity contribution in [2.24, 2.45) is 4.36 Å². The molecule has 0 aromatic carbocycles. The zero-order chi connectivity index (χ0) is 22.3. The van der Waals surface area contributed by atoms with E-state index >= 15 is 0 Å². The Morgan fingerprint density at radius 2 is 2.00 bits per heavy atom. The van der Waals surface area contributed by atoms with Gasteiger partial charge in [0.05, 0.1) is 21.1 Å². The number of anilines is 1. The van der Waals surface area contributed by atoms with Gasteiger partial charge >= 0.3 is 0 Å². The van der Waals surface area contributed by atoms with Crippen LogP contribution in [0.5, 0.6) is 0 Å². The lowest BCUT2D eigenvalue weighted by atomic mass is 10.1. The summed E-state index contributed by atoms with van der Waals surface area (Å²) in [6, 6.07) is 2.04. The fraction of sp³-hybridized carbons (Fsp3) is 0.550. The summed E-state index contributed by atoms with van der Waals surface area (Å²) in [7, 11) is -2.72. The van der Waals surface area contributed by atoms with Crippen LogP contribution in [-0.4, -0.2) is 59.4 Å². The van der Waals surface area contributed by atoms with E-state index in [1.807, 2.05) is 6.07 Å². The lowest BCUT2D eigenvalue weighted by Gasteiger charge is -2.33. The maximum absolute atomic E-state index is 13.3. The Labute approximate surface area is 181 Å². The highest BCUT2D eigenvalue weighted by Gasteiger charge is 2.29. The number of hydrogen-bond donors (Lipinski definition) is 0. The van der Waals surface area contributed by atoms with Gasteiger partial charge in [-0.3, -0.25) is 4.79 Å². The molecule has 1 saturated heterocycles. The summed E-state index contributed by atoms with van der Waals surface area (Å²) in [6.45, 7) is 8.88. The van der Waals surface area contributed by atoms with Gasteiger partial charge in [-0.15, -0.1) is 0 Å². The third-order valence-electron chi connectivity index (χ3n) is 5.74. The predicted molar refractivity (Wildman–Crippen MR) is 117 cm³/mol. The second-order valence-corrected chi connectivity index (χ2v) is 10.9. The van der Waals surface area contributed by atoms with Gasteiger partial charge in [-0.25, -0.2) is 9.19 Å². The monoisotopic (exact) mass is 445 g/mol. The number of carbonyl (C=O) groups is 1. The molecule has 31 heavy (non-hydrogen) atoms. The molecule has 1 unspecified atom stereocenters. The fourth-order valence-electron chi connectivity index (χ4n) is 3.93. The van der Waals surface area contributed by atoms with Gasteiger partial charge in [-0.05, 0) is 32.6 Å². The zero-order valence-corrected chi connectivity index (χ0v) is 19.2. The van der Waals surface area contributed by atoms with Gasteiger partial charge in [0.25, 0.3) is 11.7 Å². The highest BCUT2D eigenvalue weighted by Crippen LogP contribution is 2.27. The Bertz CT molecular complexity index is 1230. The Hall–Kier alpha value is -2.82. The molecule has 1 atom stereocenters. The van der Waals surface area contributed by atoms with Gasteiger partial charge in [0.1, 0.15) is 23.5 Å². The van der Waals surface area contributed by atoms with Crippen molar-refractivity contribution in [1.82, 2.24) is 24.7 Å². The van der Waals surface area contributed by atoms with Crippen LogP contribution in [0.4, 0.5) is 5.82 Å². The minimum absolute atomic E-state index is 0.175. The number of carbonyl (C=O) groups excluding carboxylic acids is 1. The highest BCUT2D eigenvalue weighted by molar-refractivity contribution is 7.93. The van der Waals surface area contributed by atoms with Crippen LogP contribution in [-0.2, 0) is 9.73 Å². The van der Waals surface area contributed by atoms with Crippen molar-refractivity contribution in [2.75, 3.05) is 24.2 Å². The van der Waals surface area contributed by atoms with Gasteiger partial charge in [0.15, 0.2) is 0 Å². The van der Waals surface area contributed by atoms with Gasteiger partial charge in [0, 0.05) is 30.7 Å². The summed E-state index contributed by atoms with van der Waals surface area (Å²) in [5.41, 5.74) is 1.72. The van der Waals surface area contributed by atoms with Crippen LogP contribution in [0.15, 0.2) is 21.3 Å². The normalized spacial score (nSPS) is 17.3. The molecule has 3 aromatic rings. The summed E-state index contributed by atoms with van der Waals surface area (Å²) in [4.78, 5) is 23.6. The minimum Gasteiger partial charge on any atom is -0.361 e. The molecule has 166 valence electrons. The molecule has 0 saturated carbocycles. The van der Waals surface area contributed by atoms with E-state index in [2.05, 4.69) is 43.3 Å². The van der Waals surface area contributed by atoms with E-state index in [0.717, 1.165) is 11.5 Å². The van der Waals surface area contributed by atoms with Gasteiger partial charge in [-0.1, -0.05) is 19.0 Å². The third kappa shape index (κ3) is 4.06. The van der Waals surface area contributed by atoms with E-state index < -0.39 is 15.6 Å². The molecule has 4 rings (SSSR count). The number of aryl methyl sites for hydroxylation is 2. The average molecular weight is 446 g/mol. The molecule has 11 heteroatoms. The molecule has 0 aliphatic carbocycles. The Kier molecular flexibility index (Phi) is 5.54. The second-order valence-electron chi connectivity index (χ2n) is 8.31. The molecule has 10 nitrogen and oxygen atoms in total. The van der Waals surface area contributed by atoms with Gasteiger partial charge < -0.3 is 9.42 Å². The van der Waals surface area contributed by atoms with E-state index in [-0.39, 0.29) is 11.2 Å². The molecule has 4 heterocycles. The van der Waals surface area contributed by atoms with E-state index in [1.54, 1.807) is 24.6 Å². The van der Waals surface area contributed by atoms with E-state index in [0.29, 0.717) is 48.7 Å². The molecule has 1 amide bonds.